The third kappa shape index (κ3) is 4.66. The summed E-state index contributed by atoms with van der Waals surface area (Å²) in [6, 6.07) is 2.13. The standard InChI is InChI=1S/C9H6F5NO2/c10-5-1-2-6(11)7(3-5)15-8(16)17-4-9(12,13)14/h1-3H,4H2,(H,15,16). The zero-order valence-electron chi connectivity index (χ0n) is 8.15. The summed E-state index contributed by atoms with van der Waals surface area (Å²) < 4.78 is 64.3. The molecule has 3 nitrogen and oxygen atoms in total. The number of hydrogen-bond acceptors (Lipinski definition) is 2. The maximum absolute atomic E-state index is 12.9. The number of rotatable bonds is 2. The summed E-state index contributed by atoms with van der Waals surface area (Å²) in [7, 11) is 0. The zero-order valence-corrected chi connectivity index (χ0v) is 8.15. The number of alkyl halides is 3. The number of carbonyl (C=O) groups is 1. The molecule has 1 N–H and O–H groups in total. The number of amides is 1. The molecule has 0 aliphatic carbocycles. The summed E-state index contributed by atoms with van der Waals surface area (Å²) >= 11 is 0. The van der Waals surface area contributed by atoms with Crippen molar-refractivity contribution in [3.05, 3.63) is 29.8 Å². The van der Waals surface area contributed by atoms with Crippen molar-refractivity contribution >= 4 is 11.8 Å². The van der Waals surface area contributed by atoms with Gasteiger partial charge in [-0.2, -0.15) is 13.2 Å². The van der Waals surface area contributed by atoms with Crippen molar-refractivity contribution in [1.82, 2.24) is 0 Å². The number of hydrogen-bond donors (Lipinski definition) is 1. The maximum Gasteiger partial charge on any atom is 0.422 e. The summed E-state index contributed by atoms with van der Waals surface area (Å²) in [5, 5.41) is 1.65. The van der Waals surface area contributed by atoms with Crippen molar-refractivity contribution in [2.75, 3.05) is 11.9 Å². The van der Waals surface area contributed by atoms with Crippen LogP contribution in [0.5, 0.6) is 0 Å². The molecular weight excluding hydrogens is 249 g/mol. The SMILES string of the molecule is O=C(Nc1cc(F)ccc1F)OCC(F)(F)F. The van der Waals surface area contributed by atoms with Gasteiger partial charge >= 0.3 is 12.3 Å². The van der Waals surface area contributed by atoms with Crippen LogP contribution in [0.3, 0.4) is 0 Å². The van der Waals surface area contributed by atoms with E-state index in [9.17, 15) is 26.7 Å². The van der Waals surface area contributed by atoms with Gasteiger partial charge in [0.25, 0.3) is 0 Å². The summed E-state index contributed by atoms with van der Waals surface area (Å²) in [6.07, 6.45) is -6.20. The van der Waals surface area contributed by atoms with Gasteiger partial charge in [0.1, 0.15) is 11.6 Å². The van der Waals surface area contributed by atoms with Crippen LogP contribution in [0.2, 0.25) is 0 Å². The van der Waals surface area contributed by atoms with Gasteiger partial charge in [0.2, 0.25) is 0 Å². The minimum atomic E-state index is -4.68. The summed E-state index contributed by atoms with van der Waals surface area (Å²) in [5.41, 5.74) is -0.600. The molecule has 8 heteroatoms. The van der Waals surface area contributed by atoms with E-state index in [1.54, 1.807) is 5.32 Å². The van der Waals surface area contributed by atoms with Gasteiger partial charge in [-0.3, -0.25) is 5.32 Å². The van der Waals surface area contributed by atoms with Crippen molar-refractivity contribution in [2.45, 2.75) is 6.18 Å². The molecular formula is C9H6F5NO2. The quantitative estimate of drug-likeness (QED) is 0.825. The average molecular weight is 255 g/mol. The third-order valence-corrected chi connectivity index (χ3v) is 1.53. The van der Waals surface area contributed by atoms with E-state index in [0.29, 0.717) is 12.1 Å². The Bertz CT molecular complexity index is 418. The molecule has 0 aliphatic rings. The van der Waals surface area contributed by atoms with Crippen molar-refractivity contribution in [3.8, 4) is 0 Å². The largest absolute Gasteiger partial charge is 0.440 e. The summed E-state index contributed by atoms with van der Waals surface area (Å²) in [6.45, 7) is -1.81. The van der Waals surface area contributed by atoms with E-state index in [0.717, 1.165) is 6.07 Å². The van der Waals surface area contributed by atoms with Crippen LogP contribution >= 0.6 is 0 Å². The molecule has 1 aromatic rings. The Balaban J connectivity index is 2.59. The predicted molar refractivity (Wildman–Crippen MR) is 47.4 cm³/mol. The van der Waals surface area contributed by atoms with Crippen LogP contribution in [0.15, 0.2) is 18.2 Å². The fourth-order valence-corrected chi connectivity index (χ4v) is 0.887. The fourth-order valence-electron chi connectivity index (χ4n) is 0.887. The van der Waals surface area contributed by atoms with Crippen molar-refractivity contribution in [1.29, 1.82) is 0 Å². The highest BCUT2D eigenvalue weighted by molar-refractivity contribution is 5.84. The lowest BCUT2D eigenvalue weighted by Crippen LogP contribution is -2.23. The molecule has 0 spiro atoms. The van der Waals surface area contributed by atoms with E-state index >= 15 is 0 Å². The molecule has 0 aliphatic heterocycles. The second-order valence-corrected chi connectivity index (χ2v) is 2.94. The van der Waals surface area contributed by atoms with Gasteiger partial charge in [0.15, 0.2) is 6.61 Å². The van der Waals surface area contributed by atoms with E-state index < -0.39 is 36.2 Å². The van der Waals surface area contributed by atoms with Crippen LogP contribution in [0.4, 0.5) is 32.4 Å². The van der Waals surface area contributed by atoms with Crippen LogP contribution < -0.4 is 5.32 Å². The first-order chi connectivity index (χ1) is 7.78. The van der Waals surface area contributed by atoms with Gasteiger partial charge in [-0.25, -0.2) is 13.6 Å². The van der Waals surface area contributed by atoms with E-state index in [1.807, 2.05) is 0 Å². The van der Waals surface area contributed by atoms with E-state index in [-0.39, 0.29) is 0 Å². The molecule has 1 rings (SSSR count). The number of nitrogens with one attached hydrogen (secondary N) is 1. The second-order valence-electron chi connectivity index (χ2n) is 2.94. The first-order valence-corrected chi connectivity index (χ1v) is 4.23. The number of anilines is 1. The molecule has 94 valence electrons. The highest BCUT2D eigenvalue weighted by Gasteiger charge is 2.29. The molecule has 0 bridgehead atoms. The molecule has 0 heterocycles. The minimum Gasteiger partial charge on any atom is -0.440 e. The first-order valence-electron chi connectivity index (χ1n) is 4.23. The topological polar surface area (TPSA) is 38.3 Å². The van der Waals surface area contributed by atoms with Gasteiger partial charge in [0.05, 0.1) is 5.69 Å². The number of halogens is 5. The van der Waals surface area contributed by atoms with Crippen molar-refractivity contribution in [2.24, 2.45) is 0 Å². The zero-order chi connectivity index (χ0) is 13.1. The molecule has 0 fully saturated rings. The molecule has 0 unspecified atom stereocenters. The minimum absolute atomic E-state index is 0.600. The predicted octanol–water partition coefficient (Wildman–Crippen LogP) is 3.08. The molecule has 0 saturated heterocycles. The number of carbonyl (C=O) groups excluding carboxylic acids is 1. The van der Waals surface area contributed by atoms with Gasteiger partial charge in [-0.15, -0.1) is 0 Å². The van der Waals surface area contributed by atoms with Gasteiger partial charge in [0, 0.05) is 6.07 Å². The van der Waals surface area contributed by atoms with Crippen LogP contribution in [0, 0.1) is 11.6 Å². The second kappa shape index (κ2) is 4.98. The molecule has 0 atom stereocenters. The third-order valence-electron chi connectivity index (χ3n) is 1.53. The molecule has 0 radical (unpaired) electrons. The fraction of sp³-hybridized carbons (Fsp3) is 0.222. The highest BCUT2D eigenvalue weighted by Crippen LogP contribution is 2.17. The molecule has 0 aromatic heterocycles. The number of ether oxygens (including phenoxy) is 1. The molecule has 0 saturated carbocycles. The highest BCUT2D eigenvalue weighted by atomic mass is 19.4. The Morgan fingerprint density at radius 2 is 1.94 bits per heavy atom. The lowest BCUT2D eigenvalue weighted by molar-refractivity contribution is -0.159. The van der Waals surface area contributed by atoms with Crippen LogP contribution in [0.1, 0.15) is 0 Å². The van der Waals surface area contributed by atoms with Crippen molar-refractivity contribution in [3.63, 3.8) is 0 Å². The van der Waals surface area contributed by atoms with E-state index in [4.69, 9.17) is 0 Å². The van der Waals surface area contributed by atoms with E-state index in [1.165, 1.54) is 0 Å². The Hall–Kier alpha value is -1.86. The monoisotopic (exact) mass is 255 g/mol. The molecule has 1 aromatic carbocycles. The van der Waals surface area contributed by atoms with E-state index in [2.05, 4.69) is 4.74 Å². The number of benzene rings is 1. The average Bonchev–Trinajstić information content (AvgIpc) is 2.20. The van der Waals surface area contributed by atoms with Gasteiger partial charge in [-0.1, -0.05) is 0 Å². The molecule has 17 heavy (non-hydrogen) atoms. The van der Waals surface area contributed by atoms with Crippen LogP contribution in [-0.2, 0) is 4.74 Å². The lowest BCUT2D eigenvalue weighted by Gasteiger charge is -2.09. The smallest absolute Gasteiger partial charge is 0.422 e. The van der Waals surface area contributed by atoms with Crippen LogP contribution in [-0.4, -0.2) is 18.9 Å². The van der Waals surface area contributed by atoms with Gasteiger partial charge < -0.3 is 4.74 Å². The summed E-state index contributed by atoms with van der Waals surface area (Å²) in [5.74, 6) is -1.84. The van der Waals surface area contributed by atoms with Gasteiger partial charge in [-0.05, 0) is 12.1 Å². The Kier molecular flexibility index (Phi) is 3.87. The maximum atomic E-state index is 12.9. The molecule has 1 amide bonds. The Morgan fingerprint density at radius 3 is 2.53 bits per heavy atom. The van der Waals surface area contributed by atoms with Crippen LogP contribution in [0.25, 0.3) is 0 Å². The lowest BCUT2D eigenvalue weighted by atomic mass is 10.3. The Morgan fingerprint density at radius 1 is 1.29 bits per heavy atom. The van der Waals surface area contributed by atoms with Crippen molar-refractivity contribution < 1.29 is 31.5 Å². The first kappa shape index (κ1) is 13.2. The Labute approximate surface area is 92.2 Å². The normalized spacial score (nSPS) is 11.1. The summed E-state index contributed by atoms with van der Waals surface area (Å²) in [4.78, 5) is 10.8.